The van der Waals surface area contributed by atoms with Crippen LogP contribution >= 0.6 is 11.6 Å². The first kappa shape index (κ1) is 15.4. The van der Waals surface area contributed by atoms with Crippen molar-refractivity contribution in [1.82, 2.24) is 10.3 Å². The number of halogens is 1. The summed E-state index contributed by atoms with van der Waals surface area (Å²) in [5, 5.41) is 0.758. The SMILES string of the molecule is CCC(CC)(C(NN)c1ccccc1Cl)N(C)C. The Hall–Kier alpha value is -0.610. The number of rotatable bonds is 6. The molecule has 0 saturated carbocycles. The summed E-state index contributed by atoms with van der Waals surface area (Å²) in [5.41, 5.74) is 3.97. The summed E-state index contributed by atoms with van der Waals surface area (Å²) in [4.78, 5) is 2.24. The van der Waals surface area contributed by atoms with Gasteiger partial charge in [-0.2, -0.15) is 0 Å². The van der Waals surface area contributed by atoms with E-state index in [9.17, 15) is 0 Å². The Morgan fingerprint density at radius 2 is 1.83 bits per heavy atom. The van der Waals surface area contributed by atoms with Crippen LogP contribution in [-0.4, -0.2) is 24.5 Å². The van der Waals surface area contributed by atoms with Crippen molar-refractivity contribution in [2.24, 2.45) is 5.84 Å². The lowest BCUT2D eigenvalue weighted by Crippen LogP contribution is -2.54. The Balaban J connectivity index is 3.27. The Morgan fingerprint density at radius 3 is 2.22 bits per heavy atom. The molecule has 102 valence electrons. The van der Waals surface area contributed by atoms with Gasteiger partial charge in [-0.3, -0.25) is 11.3 Å². The number of nitrogens with two attached hydrogens (primary N) is 1. The zero-order valence-electron chi connectivity index (χ0n) is 11.7. The van der Waals surface area contributed by atoms with E-state index >= 15 is 0 Å². The summed E-state index contributed by atoms with van der Waals surface area (Å²) in [6, 6.07) is 7.89. The summed E-state index contributed by atoms with van der Waals surface area (Å²) >= 11 is 6.31. The molecule has 0 aliphatic heterocycles. The second kappa shape index (κ2) is 6.53. The van der Waals surface area contributed by atoms with E-state index in [-0.39, 0.29) is 11.6 Å². The van der Waals surface area contributed by atoms with E-state index in [4.69, 9.17) is 17.4 Å². The minimum Gasteiger partial charge on any atom is -0.302 e. The maximum absolute atomic E-state index is 6.31. The molecule has 3 nitrogen and oxygen atoms in total. The standard InChI is InChI=1S/C14H24ClN3/c1-5-14(6-2,18(3)4)13(17-16)11-9-7-8-10-12(11)15/h7-10,13,17H,5-6,16H2,1-4H3. The maximum atomic E-state index is 6.31. The summed E-state index contributed by atoms with van der Waals surface area (Å²) in [7, 11) is 4.18. The second-order valence-electron chi connectivity index (χ2n) is 4.83. The van der Waals surface area contributed by atoms with Gasteiger partial charge in [0.15, 0.2) is 0 Å². The number of nitrogens with one attached hydrogen (secondary N) is 1. The van der Waals surface area contributed by atoms with Crippen LogP contribution in [0.5, 0.6) is 0 Å². The first-order valence-electron chi connectivity index (χ1n) is 6.41. The van der Waals surface area contributed by atoms with E-state index < -0.39 is 0 Å². The van der Waals surface area contributed by atoms with Crippen LogP contribution in [0.3, 0.4) is 0 Å². The van der Waals surface area contributed by atoms with Crippen LogP contribution in [0.15, 0.2) is 24.3 Å². The molecule has 4 heteroatoms. The van der Waals surface area contributed by atoms with Crippen molar-refractivity contribution in [2.45, 2.75) is 38.3 Å². The van der Waals surface area contributed by atoms with Crippen LogP contribution in [0.2, 0.25) is 5.02 Å². The molecule has 0 aliphatic rings. The molecule has 18 heavy (non-hydrogen) atoms. The molecule has 0 spiro atoms. The highest BCUT2D eigenvalue weighted by atomic mass is 35.5. The Labute approximate surface area is 115 Å². The quantitative estimate of drug-likeness (QED) is 0.616. The van der Waals surface area contributed by atoms with Crippen LogP contribution in [0.25, 0.3) is 0 Å². The number of likely N-dealkylation sites (N-methyl/N-ethyl adjacent to an activating group) is 1. The Morgan fingerprint density at radius 1 is 1.28 bits per heavy atom. The van der Waals surface area contributed by atoms with Crippen molar-refractivity contribution in [3.05, 3.63) is 34.9 Å². The lowest BCUT2D eigenvalue weighted by molar-refractivity contribution is 0.0882. The summed E-state index contributed by atoms with van der Waals surface area (Å²) in [6.07, 6.45) is 1.99. The summed E-state index contributed by atoms with van der Waals surface area (Å²) in [6.45, 7) is 4.37. The predicted octanol–water partition coefficient (Wildman–Crippen LogP) is 2.96. The van der Waals surface area contributed by atoms with Gasteiger partial charge in [-0.15, -0.1) is 0 Å². The molecule has 0 bridgehead atoms. The van der Waals surface area contributed by atoms with Gasteiger partial charge in [-0.25, -0.2) is 0 Å². The summed E-state index contributed by atoms with van der Waals surface area (Å²) in [5.74, 6) is 5.81. The number of nitrogens with zero attached hydrogens (tertiary/aromatic N) is 1. The van der Waals surface area contributed by atoms with Gasteiger partial charge in [0.2, 0.25) is 0 Å². The van der Waals surface area contributed by atoms with Gasteiger partial charge in [0.05, 0.1) is 6.04 Å². The molecule has 0 amide bonds. The topological polar surface area (TPSA) is 41.3 Å². The van der Waals surface area contributed by atoms with Crippen molar-refractivity contribution in [3.63, 3.8) is 0 Å². The highest BCUT2D eigenvalue weighted by molar-refractivity contribution is 6.31. The van der Waals surface area contributed by atoms with Crippen LogP contribution in [0, 0.1) is 0 Å². The molecule has 1 atom stereocenters. The third-order valence-electron chi connectivity index (χ3n) is 4.04. The van der Waals surface area contributed by atoms with E-state index in [1.54, 1.807) is 0 Å². The molecule has 1 unspecified atom stereocenters. The molecule has 0 aliphatic carbocycles. The molecule has 1 aromatic rings. The van der Waals surface area contributed by atoms with E-state index in [0.717, 1.165) is 23.4 Å². The zero-order valence-corrected chi connectivity index (χ0v) is 12.5. The molecule has 1 rings (SSSR count). The van der Waals surface area contributed by atoms with E-state index in [1.807, 2.05) is 24.3 Å². The highest BCUT2D eigenvalue weighted by Gasteiger charge is 2.39. The van der Waals surface area contributed by atoms with E-state index in [2.05, 4.69) is 38.3 Å². The average molecular weight is 270 g/mol. The van der Waals surface area contributed by atoms with Crippen LogP contribution in [0.1, 0.15) is 38.3 Å². The zero-order chi connectivity index (χ0) is 13.8. The smallest absolute Gasteiger partial charge is 0.0657 e. The molecule has 0 radical (unpaired) electrons. The van der Waals surface area contributed by atoms with Crippen molar-refractivity contribution in [1.29, 1.82) is 0 Å². The number of hydrogen-bond donors (Lipinski definition) is 2. The fourth-order valence-electron chi connectivity index (χ4n) is 2.79. The predicted molar refractivity (Wildman–Crippen MR) is 78.5 cm³/mol. The molecular weight excluding hydrogens is 246 g/mol. The fourth-order valence-corrected chi connectivity index (χ4v) is 3.04. The minimum atomic E-state index is -0.0419. The molecule has 0 aromatic heterocycles. The lowest BCUT2D eigenvalue weighted by Gasteiger charge is -2.45. The van der Waals surface area contributed by atoms with Crippen molar-refractivity contribution in [2.75, 3.05) is 14.1 Å². The van der Waals surface area contributed by atoms with E-state index in [1.165, 1.54) is 0 Å². The lowest BCUT2D eigenvalue weighted by atomic mass is 9.80. The average Bonchev–Trinajstić information content (AvgIpc) is 2.37. The number of hydrogen-bond acceptors (Lipinski definition) is 3. The molecular formula is C14H24ClN3. The second-order valence-corrected chi connectivity index (χ2v) is 5.23. The van der Waals surface area contributed by atoms with Gasteiger partial charge >= 0.3 is 0 Å². The van der Waals surface area contributed by atoms with Gasteiger partial charge in [0, 0.05) is 10.6 Å². The van der Waals surface area contributed by atoms with Gasteiger partial charge in [-0.05, 0) is 38.6 Å². The Kier molecular flexibility index (Phi) is 5.60. The van der Waals surface area contributed by atoms with Gasteiger partial charge in [0.1, 0.15) is 0 Å². The van der Waals surface area contributed by atoms with Crippen molar-refractivity contribution < 1.29 is 0 Å². The fraction of sp³-hybridized carbons (Fsp3) is 0.571. The van der Waals surface area contributed by atoms with Crippen LogP contribution in [0.4, 0.5) is 0 Å². The first-order valence-corrected chi connectivity index (χ1v) is 6.79. The molecule has 0 fully saturated rings. The molecule has 1 aromatic carbocycles. The molecule has 3 N–H and O–H groups in total. The van der Waals surface area contributed by atoms with Crippen molar-refractivity contribution >= 4 is 11.6 Å². The first-order chi connectivity index (χ1) is 8.53. The summed E-state index contributed by atoms with van der Waals surface area (Å²) < 4.78 is 0. The third kappa shape index (κ3) is 2.69. The largest absolute Gasteiger partial charge is 0.302 e. The number of benzene rings is 1. The minimum absolute atomic E-state index is 0.0104. The monoisotopic (exact) mass is 269 g/mol. The van der Waals surface area contributed by atoms with Gasteiger partial charge < -0.3 is 4.90 Å². The number of hydrazine groups is 1. The maximum Gasteiger partial charge on any atom is 0.0657 e. The van der Waals surface area contributed by atoms with Gasteiger partial charge in [-0.1, -0.05) is 43.6 Å². The normalized spacial score (nSPS) is 13.9. The van der Waals surface area contributed by atoms with Crippen LogP contribution < -0.4 is 11.3 Å². The van der Waals surface area contributed by atoms with Gasteiger partial charge in [0.25, 0.3) is 0 Å². The third-order valence-corrected chi connectivity index (χ3v) is 4.38. The molecule has 0 saturated heterocycles. The van der Waals surface area contributed by atoms with Crippen molar-refractivity contribution in [3.8, 4) is 0 Å². The highest BCUT2D eigenvalue weighted by Crippen LogP contribution is 2.37. The van der Waals surface area contributed by atoms with Crippen LogP contribution in [-0.2, 0) is 0 Å². The van der Waals surface area contributed by atoms with E-state index in [0.29, 0.717) is 0 Å². The Bertz CT molecular complexity index is 375. The molecule has 0 heterocycles.